The molecule has 1 amide bonds. The number of carbonyl (C=O) groups is 1. The second-order valence-corrected chi connectivity index (χ2v) is 11.0. The first-order valence-electron chi connectivity index (χ1n) is 7.49. The highest BCUT2D eigenvalue weighted by molar-refractivity contribution is 14.1. The summed E-state index contributed by atoms with van der Waals surface area (Å²) in [4.78, 5) is 17.2. The molecule has 0 aliphatic rings. The quantitative estimate of drug-likeness (QED) is 0.281. The van der Waals surface area contributed by atoms with Crippen LogP contribution in [0.4, 0.5) is 13.2 Å². The normalized spacial score (nSPS) is 14.7. The van der Waals surface area contributed by atoms with E-state index in [4.69, 9.17) is 9.26 Å². The molecule has 0 aliphatic heterocycles. The second kappa shape index (κ2) is 9.99. The fourth-order valence-electron chi connectivity index (χ4n) is 2.12. The molecule has 1 atom stereocenters. The first-order valence-corrected chi connectivity index (χ1v) is 11.1. The molecule has 4 nitrogen and oxygen atoms in total. The number of allylic oxidation sites excluding steroid dienone is 1. The number of amides is 1. The van der Waals surface area contributed by atoms with Gasteiger partial charge in [-0.1, -0.05) is 26.8 Å². The van der Waals surface area contributed by atoms with Crippen molar-refractivity contribution in [3.63, 3.8) is 0 Å². The Labute approximate surface area is 150 Å². The van der Waals surface area contributed by atoms with Crippen molar-refractivity contribution in [1.82, 2.24) is 5.06 Å². The van der Waals surface area contributed by atoms with Gasteiger partial charge in [-0.3, -0.25) is 9.63 Å². The maximum atomic E-state index is 12.6. The molecule has 0 aromatic rings. The molecule has 136 valence electrons. The van der Waals surface area contributed by atoms with E-state index in [1.807, 2.05) is 20.8 Å². The summed E-state index contributed by atoms with van der Waals surface area (Å²) in [6, 6.07) is 2.42. The molecule has 0 saturated heterocycles. The van der Waals surface area contributed by atoms with Crippen LogP contribution in [0, 0.1) is 0 Å². The van der Waals surface area contributed by atoms with Crippen LogP contribution in [0.3, 0.4) is 0 Å². The molecule has 9 heteroatoms. The van der Waals surface area contributed by atoms with Crippen molar-refractivity contribution in [2.75, 3.05) is 14.2 Å². The van der Waals surface area contributed by atoms with E-state index in [-0.39, 0.29) is 6.42 Å². The largest absolute Gasteiger partial charge is 0.421 e. The maximum absolute atomic E-state index is 12.6. The van der Waals surface area contributed by atoms with Crippen molar-refractivity contribution >= 4 is 36.8 Å². The van der Waals surface area contributed by atoms with Gasteiger partial charge in [-0.15, -0.1) is 0 Å². The number of rotatable bonds is 9. The minimum absolute atomic E-state index is 0.126. The molecule has 0 radical (unpaired) electrons. The molecule has 0 bridgehead atoms. The Balaban J connectivity index is 5.37. The van der Waals surface area contributed by atoms with Crippen LogP contribution in [0.2, 0.25) is 18.1 Å². The number of alkyl halides is 3. The predicted octanol–water partition coefficient (Wildman–Crippen LogP) is 4.67. The molecule has 0 rings (SSSR count). The van der Waals surface area contributed by atoms with Crippen molar-refractivity contribution in [3.05, 3.63) is 9.66 Å². The van der Waals surface area contributed by atoms with Crippen LogP contribution in [0.25, 0.3) is 0 Å². The van der Waals surface area contributed by atoms with Crippen LogP contribution in [0.5, 0.6) is 0 Å². The Morgan fingerprint density at radius 3 is 2.09 bits per heavy atom. The second-order valence-electron chi connectivity index (χ2n) is 5.15. The van der Waals surface area contributed by atoms with Gasteiger partial charge in [0.15, 0.2) is 8.32 Å². The smallest absolute Gasteiger partial charge is 0.405 e. The van der Waals surface area contributed by atoms with E-state index >= 15 is 0 Å². The molecule has 23 heavy (non-hydrogen) atoms. The lowest BCUT2D eigenvalue weighted by Gasteiger charge is -2.33. The van der Waals surface area contributed by atoms with Gasteiger partial charge in [0.1, 0.15) is 6.10 Å². The highest BCUT2D eigenvalue weighted by atomic mass is 127. The van der Waals surface area contributed by atoms with Crippen molar-refractivity contribution < 1.29 is 27.2 Å². The van der Waals surface area contributed by atoms with Gasteiger partial charge in [-0.25, -0.2) is 5.06 Å². The lowest BCUT2D eigenvalue weighted by molar-refractivity contribution is -0.176. The highest BCUT2D eigenvalue weighted by Crippen LogP contribution is 2.32. The summed E-state index contributed by atoms with van der Waals surface area (Å²) in [5.74, 6) is -0.470. The zero-order valence-corrected chi connectivity index (χ0v) is 17.3. The summed E-state index contributed by atoms with van der Waals surface area (Å²) in [6.45, 7) is 5.99. The number of halogens is 4. The number of hydroxylamine groups is 2. The fourth-order valence-corrected chi connectivity index (χ4v) is 5.17. The van der Waals surface area contributed by atoms with Crippen LogP contribution in [0.1, 0.15) is 27.2 Å². The maximum Gasteiger partial charge on any atom is 0.421 e. The van der Waals surface area contributed by atoms with Gasteiger partial charge in [0.2, 0.25) is 0 Å². The first-order chi connectivity index (χ1) is 10.6. The average molecular weight is 467 g/mol. The Hall–Kier alpha value is -0.133. The first kappa shape index (κ1) is 22.9. The molecule has 0 saturated carbocycles. The molecule has 0 aliphatic carbocycles. The van der Waals surface area contributed by atoms with E-state index in [2.05, 4.69) is 0 Å². The number of nitrogens with zero attached hydrogens (tertiary/aromatic N) is 1. The van der Waals surface area contributed by atoms with Gasteiger partial charge in [0, 0.05) is 13.5 Å². The Bertz CT molecular complexity index is 406. The number of carbonyl (C=O) groups excluding carboxylic acids is 1. The van der Waals surface area contributed by atoms with Crippen LogP contribution in [-0.2, 0) is 14.1 Å². The minimum Gasteiger partial charge on any atom is -0.405 e. The van der Waals surface area contributed by atoms with E-state index in [1.165, 1.54) is 36.7 Å². The highest BCUT2D eigenvalue weighted by Gasteiger charge is 2.37. The monoisotopic (exact) mass is 467 g/mol. The molecular formula is C14H25F3INO3Si. The molecule has 0 fully saturated rings. The van der Waals surface area contributed by atoms with E-state index in [0.29, 0.717) is 0 Å². The van der Waals surface area contributed by atoms with E-state index in [1.54, 1.807) is 0 Å². The molecule has 0 unspecified atom stereocenters. The summed E-state index contributed by atoms with van der Waals surface area (Å²) in [7, 11) is 0.613. The summed E-state index contributed by atoms with van der Waals surface area (Å²) in [6.07, 6.45) is -4.49. The van der Waals surface area contributed by atoms with Crippen molar-refractivity contribution in [1.29, 1.82) is 0 Å². The van der Waals surface area contributed by atoms with Crippen molar-refractivity contribution in [2.24, 2.45) is 0 Å². The molecule has 0 N–H and O–H groups in total. The number of hydrogen-bond donors (Lipinski definition) is 0. The van der Waals surface area contributed by atoms with Gasteiger partial charge in [-0.2, -0.15) is 13.2 Å². The van der Waals surface area contributed by atoms with E-state index in [9.17, 15) is 18.0 Å². The zero-order valence-electron chi connectivity index (χ0n) is 14.2. The fraction of sp³-hybridized carbons (Fsp3) is 0.786. The van der Waals surface area contributed by atoms with Crippen molar-refractivity contribution in [3.8, 4) is 0 Å². The van der Waals surface area contributed by atoms with Gasteiger partial charge >= 0.3 is 6.18 Å². The molecule has 0 spiro atoms. The number of hydrogen-bond acceptors (Lipinski definition) is 3. The van der Waals surface area contributed by atoms with Crippen LogP contribution in [-0.4, -0.2) is 45.7 Å². The summed E-state index contributed by atoms with van der Waals surface area (Å²) >= 11 is 1.23. The van der Waals surface area contributed by atoms with Gasteiger partial charge in [0.25, 0.3) is 5.91 Å². The van der Waals surface area contributed by atoms with Crippen molar-refractivity contribution in [2.45, 2.75) is 57.6 Å². The summed E-state index contributed by atoms with van der Waals surface area (Å²) in [5, 5.41) is 0.999. The number of likely N-dealkylation sites (N-methyl/N-ethyl adjacent to an activating group) is 1. The van der Waals surface area contributed by atoms with Gasteiger partial charge < -0.3 is 4.43 Å². The average Bonchev–Trinajstić information content (AvgIpc) is 2.53. The van der Waals surface area contributed by atoms with Gasteiger partial charge in [-0.05, 0) is 40.7 Å². The summed E-state index contributed by atoms with van der Waals surface area (Å²) in [5.41, 5.74) is 0. The standard InChI is InChI=1S/C14H25F3INO3Si/c1-6-23(7-2,8-3)22-11(13(20)19(4)21-5)9-10-12(18)14(15,16)17/h10-11H,6-9H2,1-5H3/b12-10-/t11-/m0/s1. The van der Waals surface area contributed by atoms with Crippen LogP contribution in [0.15, 0.2) is 9.66 Å². The molecule has 0 aromatic carbocycles. The zero-order chi connectivity index (χ0) is 18.3. The van der Waals surface area contributed by atoms with Crippen LogP contribution < -0.4 is 0 Å². The third-order valence-electron chi connectivity index (χ3n) is 3.97. The lowest BCUT2D eigenvalue weighted by atomic mass is 10.2. The molecular weight excluding hydrogens is 442 g/mol. The Kier molecular flexibility index (Phi) is 9.94. The van der Waals surface area contributed by atoms with Crippen LogP contribution >= 0.6 is 22.6 Å². The summed E-state index contributed by atoms with van der Waals surface area (Å²) < 4.78 is 43.2. The SMILES string of the molecule is CC[Si](CC)(CC)O[C@@H](C/C=C(\I)C(F)(F)F)C(=O)N(C)OC. The lowest BCUT2D eigenvalue weighted by Crippen LogP contribution is -2.46. The predicted molar refractivity (Wildman–Crippen MR) is 94.6 cm³/mol. The molecule has 0 heterocycles. The third-order valence-corrected chi connectivity index (χ3v) is 9.67. The topological polar surface area (TPSA) is 38.8 Å². The van der Waals surface area contributed by atoms with Gasteiger partial charge in [0.05, 0.1) is 10.7 Å². The van der Waals surface area contributed by atoms with E-state index < -0.39 is 30.1 Å². The third kappa shape index (κ3) is 7.10. The Morgan fingerprint density at radius 1 is 1.26 bits per heavy atom. The molecule has 0 aromatic heterocycles. The van der Waals surface area contributed by atoms with E-state index in [0.717, 1.165) is 29.3 Å². The Morgan fingerprint density at radius 2 is 1.74 bits per heavy atom. The minimum atomic E-state index is -4.41.